The van der Waals surface area contributed by atoms with Crippen molar-refractivity contribution in [1.82, 2.24) is 9.80 Å². The van der Waals surface area contributed by atoms with Gasteiger partial charge in [-0.15, -0.1) is 0 Å². The van der Waals surface area contributed by atoms with Crippen LogP contribution in [0.5, 0.6) is 0 Å². The lowest BCUT2D eigenvalue weighted by atomic mass is 9.93. The number of hydrogen-bond acceptors (Lipinski definition) is 3. The van der Waals surface area contributed by atoms with Crippen LogP contribution < -0.4 is 0 Å². The molecule has 3 rings (SSSR count). The summed E-state index contributed by atoms with van der Waals surface area (Å²) in [6.07, 6.45) is 2.36. The van der Waals surface area contributed by atoms with E-state index in [1.807, 2.05) is 36.9 Å². The molecule has 2 atom stereocenters. The van der Waals surface area contributed by atoms with Crippen LogP contribution in [0.15, 0.2) is 24.3 Å². The fourth-order valence-corrected chi connectivity index (χ4v) is 4.15. The molecule has 4 nitrogen and oxygen atoms in total. The van der Waals surface area contributed by atoms with Gasteiger partial charge in [-0.1, -0.05) is 24.3 Å². The summed E-state index contributed by atoms with van der Waals surface area (Å²) >= 11 is 0. The number of likely N-dealkylation sites (tertiary alicyclic amines) is 1. The molecule has 0 unspecified atom stereocenters. The molecule has 0 bridgehead atoms. The minimum Gasteiger partial charge on any atom is -0.387 e. The third-order valence-corrected chi connectivity index (χ3v) is 5.59. The Morgan fingerprint density at radius 2 is 1.87 bits per heavy atom. The van der Waals surface area contributed by atoms with E-state index in [4.69, 9.17) is 0 Å². The van der Waals surface area contributed by atoms with Crippen LogP contribution in [0.2, 0.25) is 0 Å². The Morgan fingerprint density at radius 1 is 1.22 bits per heavy atom. The normalized spacial score (nSPS) is 25.3. The fraction of sp³-hybridized carbons (Fsp3) is 0.632. The van der Waals surface area contributed by atoms with Crippen LogP contribution in [0.25, 0.3) is 0 Å². The molecule has 23 heavy (non-hydrogen) atoms. The number of nitrogens with zero attached hydrogens (tertiary/aromatic N) is 2. The SMILES string of the molecule is CCN(CC)C(=O)C1CCN([C@@H]2Cc3ccccc3[C@H]2O)CC1. The molecule has 0 radical (unpaired) electrons. The zero-order valence-electron chi connectivity index (χ0n) is 14.2. The highest BCUT2D eigenvalue weighted by molar-refractivity contribution is 5.78. The van der Waals surface area contributed by atoms with E-state index < -0.39 is 0 Å². The van der Waals surface area contributed by atoms with Gasteiger partial charge in [-0.3, -0.25) is 9.69 Å². The quantitative estimate of drug-likeness (QED) is 0.926. The molecule has 1 amide bonds. The van der Waals surface area contributed by atoms with Gasteiger partial charge in [-0.05, 0) is 57.3 Å². The maximum absolute atomic E-state index is 12.5. The monoisotopic (exact) mass is 316 g/mol. The van der Waals surface area contributed by atoms with E-state index in [0.29, 0.717) is 5.91 Å². The summed E-state index contributed by atoms with van der Waals surface area (Å²) in [5, 5.41) is 10.6. The topological polar surface area (TPSA) is 43.8 Å². The number of fused-ring (bicyclic) bond motifs is 1. The van der Waals surface area contributed by atoms with Gasteiger partial charge in [0.15, 0.2) is 0 Å². The maximum atomic E-state index is 12.5. The first-order valence-corrected chi connectivity index (χ1v) is 8.94. The maximum Gasteiger partial charge on any atom is 0.225 e. The van der Waals surface area contributed by atoms with Gasteiger partial charge in [0.25, 0.3) is 0 Å². The predicted molar refractivity (Wildman–Crippen MR) is 91.1 cm³/mol. The second kappa shape index (κ2) is 7.02. The summed E-state index contributed by atoms with van der Waals surface area (Å²) in [6, 6.07) is 8.38. The Hall–Kier alpha value is -1.39. The first-order valence-electron chi connectivity index (χ1n) is 8.94. The van der Waals surface area contributed by atoms with E-state index in [0.717, 1.165) is 51.0 Å². The van der Waals surface area contributed by atoms with Crippen LogP contribution >= 0.6 is 0 Å². The van der Waals surface area contributed by atoms with Crippen LogP contribution in [-0.2, 0) is 11.2 Å². The Bertz CT molecular complexity index is 548. The highest BCUT2D eigenvalue weighted by Gasteiger charge is 2.37. The number of carbonyl (C=O) groups is 1. The van der Waals surface area contributed by atoms with Crippen LogP contribution in [0, 0.1) is 5.92 Å². The lowest BCUT2D eigenvalue weighted by Crippen LogP contribution is -2.47. The van der Waals surface area contributed by atoms with Gasteiger partial charge in [-0.25, -0.2) is 0 Å². The van der Waals surface area contributed by atoms with Crippen molar-refractivity contribution < 1.29 is 9.90 Å². The summed E-state index contributed by atoms with van der Waals surface area (Å²) in [5.41, 5.74) is 2.35. The van der Waals surface area contributed by atoms with E-state index in [1.54, 1.807) is 0 Å². The van der Waals surface area contributed by atoms with Gasteiger partial charge in [0.05, 0.1) is 6.10 Å². The Labute approximate surface area is 139 Å². The second-order valence-electron chi connectivity index (χ2n) is 6.74. The third kappa shape index (κ3) is 3.15. The standard InChI is InChI=1S/C19H28N2O2/c1-3-20(4-2)19(23)14-9-11-21(12-10-14)17-13-15-7-5-6-8-16(15)18(17)22/h5-8,14,17-18,22H,3-4,9-13H2,1-2H3/t17-,18-/m1/s1. The van der Waals surface area contributed by atoms with Crippen LogP contribution in [0.4, 0.5) is 0 Å². The van der Waals surface area contributed by atoms with E-state index in [2.05, 4.69) is 11.0 Å². The highest BCUT2D eigenvalue weighted by atomic mass is 16.3. The van der Waals surface area contributed by atoms with Crippen molar-refractivity contribution in [2.24, 2.45) is 5.92 Å². The number of benzene rings is 1. The van der Waals surface area contributed by atoms with Crippen molar-refractivity contribution in [2.45, 2.75) is 45.3 Å². The zero-order chi connectivity index (χ0) is 16.4. The molecule has 0 aromatic heterocycles. The highest BCUT2D eigenvalue weighted by Crippen LogP contribution is 2.36. The fourth-order valence-electron chi connectivity index (χ4n) is 4.15. The van der Waals surface area contributed by atoms with E-state index >= 15 is 0 Å². The second-order valence-corrected chi connectivity index (χ2v) is 6.74. The Kier molecular flexibility index (Phi) is 5.02. The van der Waals surface area contributed by atoms with E-state index in [1.165, 1.54) is 5.56 Å². The van der Waals surface area contributed by atoms with Crippen LogP contribution in [0.1, 0.15) is 43.9 Å². The van der Waals surface area contributed by atoms with Gasteiger partial charge in [0.2, 0.25) is 5.91 Å². The van der Waals surface area contributed by atoms with Crippen molar-refractivity contribution in [1.29, 1.82) is 0 Å². The summed E-state index contributed by atoms with van der Waals surface area (Å²) in [6.45, 7) is 7.50. The van der Waals surface area contributed by atoms with E-state index in [9.17, 15) is 9.90 Å². The lowest BCUT2D eigenvalue weighted by molar-refractivity contribution is -0.137. The molecule has 1 N–H and O–H groups in total. The minimum atomic E-state index is -0.388. The Balaban J connectivity index is 1.59. The number of hydrogen-bond donors (Lipinski definition) is 1. The number of aliphatic hydroxyl groups is 1. The summed E-state index contributed by atoms with van der Waals surface area (Å²) in [4.78, 5) is 16.8. The number of rotatable bonds is 4. The molecule has 1 aromatic rings. The molecule has 1 aromatic carbocycles. The van der Waals surface area contributed by atoms with Gasteiger partial charge < -0.3 is 10.0 Å². The van der Waals surface area contributed by atoms with Crippen molar-refractivity contribution >= 4 is 5.91 Å². The average molecular weight is 316 g/mol. The average Bonchev–Trinajstić information content (AvgIpc) is 2.93. The zero-order valence-corrected chi connectivity index (χ0v) is 14.2. The molecule has 1 fully saturated rings. The lowest BCUT2D eigenvalue weighted by Gasteiger charge is -2.38. The molecule has 2 aliphatic rings. The molecule has 4 heteroatoms. The van der Waals surface area contributed by atoms with Crippen molar-refractivity contribution in [2.75, 3.05) is 26.2 Å². The van der Waals surface area contributed by atoms with Crippen molar-refractivity contribution in [3.05, 3.63) is 35.4 Å². The van der Waals surface area contributed by atoms with Crippen LogP contribution in [-0.4, -0.2) is 53.0 Å². The minimum absolute atomic E-state index is 0.159. The number of aliphatic hydroxyl groups excluding tert-OH is 1. The van der Waals surface area contributed by atoms with Crippen LogP contribution in [0.3, 0.4) is 0 Å². The first kappa shape index (κ1) is 16.5. The van der Waals surface area contributed by atoms with Gasteiger partial charge in [0.1, 0.15) is 0 Å². The molecule has 1 aliphatic carbocycles. The third-order valence-electron chi connectivity index (χ3n) is 5.59. The number of carbonyl (C=O) groups excluding carboxylic acids is 1. The molecule has 1 saturated heterocycles. The summed E-state index contributed by atoms with van der Waals surface area (Å²) in [7, 11) is 0. The molecule has 126 valence electrons. The summed E-state index contributed by atoms with van der Waals surface area (Å²) in [5.74, 6) is 0.469. The van der Waals surface area contributed by atoms with Gasteiger partial charge in [0, 0.05) is 25.0 Å². The Morgan fingerprint density at radius 3 is 2.48 bits per heavy atom. The number of amides is 1. The molecular formula is C19H28N2O2. The molecular weight excluding hydrogens is 288 g/mol. The van der Waals surface area contributed by atoms with Gasteiger partial charge >= 0.3 is 0 Å². The molecule has 0 saturated carbocycles. The van der Waals surface area contributed by atoms with Gasteiger partial charge in [-0.2, -0.15) is 0 Å². The predicted octanol–water partition coefficient (Wildman–Crippen LogP) is 2.23. The largest absolute Gasteiger partial charge is 0.387 e. The molecule has 1 heterocycles. The van der Waals surface area contributed by atoms with Crippen molar-refractivity contribution in [3.63, 3.8) is 0 Å². The van der Waals surface area contributed by atoms with Crippen molar-refractivity contribution in [3.8, 4) is 0 Å². The van der Waals surface area contributed by atoms with E-state index in [-0.39, 0.29) is 18.1 Å². The first-order chi connectivity index (χ1) is 11.2. The molecule has 0 spiro atoms. The summed E-state index contributed by atoms with van der Waals surface area (Å²) < 4.78 is 0. The number of piperidine rings is 1. The smallest absolute Gasteiger partial charge is 0.225 e. The molecule has 1 aliphatic heterocycles.